The minimum absolute atomic E-state index is 0.0505. The van der Waals surface area contributed by atoms with E-state index < -0.39 is 0 Å². The number of hydrogen-bond donors (Lipinski definition) is 1. The number of nitrogens with zero attached hydrogens (tertiary/aromatic N) is 1. The molecule has 1 aromatic carbocycles. The lowest BCUT2D eigenvalue weighted by Crippen LogP contribution is -1.91. The van der Waals surface area contributed by atoms with Crippen molar-refractivity contribution in [1.82, 2.24) is 4.98 Å². The zero-order valence-corrected chi connectivity index (χ0v) is 11.1. The topological polar surface area (TPSA) is 42.4 Å². The standard InChI is InChI=1S/C12H9BrClNO2/c13-9-1-2-10(14)11(6-9)17-12-5-8(7-16)3-4-15-12/h1-6,16H,7H2. The summed E-state index contributed by atoms with van der Waals surface area (Å²) in [5.41, 5.74) is 0.737. The third-order valence-electron chi connectivity index (χ3n) is 2.09. The number of pyridine rings is 1. The van der Waals surface area contributed by atoms with E-state index in [1.54, 1.807) is 30.5 Å². The molecular formula is C12H9BrClNO2. The molecule has 2 aromatic rings. The van der Waals surface area contributed by atoms with Gasteiger partial charge in [0, 0.05) is 16.7 Å². The second kappa shape index (κ2) is 5.49. The molecule has 1 N–H and O–H groups in total. The normalized spacial score (nSPS) is 10.3. The van der Waals surface area contributed by atoms with E-state index in [1.165, 1.54) is 0 Å². The fraction of sp³-hybridized carbons (Fsp3) is 0.0833. The summed E-state index contributed by atoms with van der Waals surface area (Å²) in [6.45, 7) is -0.0505. The van der Waals surface area contributed by atoms with Crippen molar-refractivity contribution in [1.29, 1.82) is 0 Å². The molecule has 0 bridgehead atoms. The molecule has 5 heteroatoms. The Balaban J connectivity index is 2.27. The lowest BCUT2D eigenvalue weighted by atomic mass is 10.3. The van der Waals surface area contributed by atoms with Crippen molar-refractivity contribution in [3.8, 4) is 11.6 Å². The smallest absolute Gasteiger partial charge is 0.219 e. The summed E-state index contributed by atoms with van der Waals surface area (Å²) in [7, 11) is 0. The van der Waals surface area contributed by atoms with Crippen molar-refractivity contribution in [2.24, 2.45) is 0 Å². The van der Waals surface area contributed by atoms with Crippen molar-refractivity contribution in [2.45, 2.75) is 6.61 Å². The summed E-state index contributed by atoms with van der Waals surface area (Å²) < 4.78 is 6.42. The largest absolute Gasteiger partial charge is 0.437 e. The number of aliphatic hydroxyl groups excluding tert-OH is 1. The first-order valence-electron chi connectivity index (χ1n) is 4.88. The maximum absolute atomic E-state index is 9.01. The van der Waals surface area contributed by atoms with E-state index in [4.69, 9.17) is 21.4 Å². The van der Waals surface area contributed by atoms with Crippen LogP contribution in [0.25, 0.3) is 0 Å². The Bertz CT molecular complexity index is 534. The zero-order valence-electron chi connectivity index (χ0n) is 8.73. The van der Waals surface area contributed by atoms with Gasteiger partial charge in [0.15, 0.2) is 0 Å². The van der Waals surface area contributed by atoms with Crippen molar-refractivity contribution in [2.75, 3.05) is 0 Å². The summed E-state index contributed by atoms with van der Waals surface area (Å²) in [5, 5.41) is 9.51. The van der Waals surface area contributed by atoms with Crippen LogP contribution >= 0.6 is 27.5 Å². The molecule has 0 fully saturated rings. The molecule has 0 aliphatic heterocycles. The Hall–Kier alpha value is -1.10. The molecule has 0 aliphatic rings. The number of aromatic nitrogens is 1. The maximum atomic E-state index is 9.01. The molecule has 3 nitrogen and oxygen atoms in total. The van der Waals surface area contributed by atoms with Gasteiger partial charge in [-0.25, -0.2) is 4.98 Å². The first-order chi connectivity index (χ1) is 8.19. The van der Waals surface area contributed by atoms with Gasteiger partial charge in [-0.15, -0.1) is 0 Å². The second-order valence-corrected chi connectivity index (χ2v) is 4.66. The quantitative estimate of drug-likeness (QED) is 0.937. The van der Waals surface area contributed by atoms with Crippen LogP contribution in [-0.4, -0.2) is 10.1 Å². The molecule has 0 radical (unpaired) electrons. The first kappa shape index (κ1) is 12.4. The fourth-order valence-electron chi connectivity index (χ4n) is 1.27. The van der Waals surface area contributed by atoms with Gasteiger partial charge in [-0.05, 0) is 29.8 Å². The average Bonchev–Trinajstić information content (AvgIpc) is 2.34. The highest BCUT2D eigenvalue weighted by Crippen LogP contribution is 2.31. The van der Waals surface area contributed by atoms with Crippen LogP contribution in [0.5, 0.6) is 11.6 Å². The van der Waals surface area contributed by atoms with Gasteiger partial charge in [-0.3, -0.25) is 0 Å². The molecule has 88 valence electrons. The lowest BCUT2D eigenvalue weighted by molar-refractivity contribution is 0.281. The van der Waals surface area contributed by atoms with E-state index >= 15 is 0 Å². The van der Waals surface area contributed by atoms with Crippen molar-refractivity contribution in [3.63, 3.8) is 0 Å². The maximum Gasteiger partial charge on any atom is 0.219 e. The predicted octanol–water partition coefficient (Wildman–Crippen LogP) is 3.78. The second-order valence-electron chi connectivity index (χ2n) is 3.34. The average molecular weight is 315 g/mol. The third kappa shape index (κ3) is 3.19. The van der Waals surface area contributed by atoms with Gasteiger partial charge in [0.2, 0.25) is 5.88 Å². The fourth-order valence-corrected chi connectivity index (χ4v) is 1.77. The highest BCUT2D eigenvalue weighted by atomic mass is 79.9. The van der Waals surface area contributed by atoms with E-state index in [1.807, 2.05) is 6.07 Å². The molecule has 1 heterocycles. The number of ether oxygens (including phenoxy) is 1. The summed E-state index contributed by atoms with van der Waals surface area (Å²) in [6, 6.07) is 8.70. The van der Waals surface area contributed by atoms with Crippen LogP contribution in [0.4, 0.5) is 0 Å². The number of halogens is 2. The highest BCUT2D eigenvalue weighted by molar-refractivity contribution is 9.10. The molecule has 0 amide bonds. The SMILES string of the molecule is OCc1ccnc(Oc2cc(Br)ccc2Cl)c1. The van der Waals surface area contributed by atoms with Gasteiger partial charge in [0.25, 0.3) is 0 Å². The van der Waals surface area contributed by atoms with Crippen LogP contribution in [0.2, 0.25) is 5.02 Å². The summed E-state index contributed by atoms with van der Waals surface area (Å²) >= 11 is 9.34. The number of hydrogen-bond acceptors (Lipinski definition) is 3. The molecular weight excluding hydrogens is 305 g/mol. The van der Waals surface area contributed by atoms with Crippen LogP contribution in [0.15, 0.2) is 41.0 Å². The molecule has 0 spiro atoms. The van der Waals surface area contributed by atoms with E-state index in [-0.39, 0.29) is 6.61 Å². The van der Waals surface area contributed by atoms with Crippen molar-refractivity contribution >= 4 is 27.5 Å². The van der Waals surface area contributed by atoms with Gasteiger partial charge in [-0.1, -0.05) is 27.5 Å². The molecule has 0 saturated carbocycles. The van der Waals surface area contributed by atoms with Gasteiger partial charge in [0.05, 0.1) is 11.6 Å². The van der Waals surface area contributed by atoms with Crippen LogP contribution in [-0.2, 0) is 6.61 Å². The Morgan fingerprint density at radius 2 is 2.12 bits per heavy atom. The number of benzene rings is 1. The predicted molar refractivity (Wildman–Crippen MR) is 69.4 cm³/mol. The summed E-state index contributed by atoms with van der Waals surface area (Å²) in [4.78, 5) is 4.05. The molecule has 1 aromatic heterocycles. The summed E-state index contributed by atoms with van der Waals surface area (Å²) in [5.74, 6) is 0.917. The van der Waals surface area contributed by atoms with Crippen LogP contribution in [0, 0.1) is 0 Å². The van der Waals surface area contributed by atoms with E-state index in [0.29, 0.717) is 16.7 Å². The highest BCUT2D eigenvalue weighted by Gasteiger charge is 2.05. The van der Waals surface area contributed by atoms with Crippen molar-refractivity contribution < 1.29 is 9.84 Å². The van der Waals surface area contributed by atoms with Crippen LogP contribution < -0.4 is 4.74 Å². The molecule has 2 rings (SSSR count). The monoisotopic (exact) mass is 313 g/mol. The first-order valence-corrected chi connectivity index (χ1v) is 6.05. The Morgan fingerprint density at radius 1 is 1.29 bits per heavy atom. The Kier molecular flexibility index (Phi) is 3.99. The molecule has 17 heavy (non-hydrogen) atoms. The van der Waals surface area contributed by atoms with E-state index in [2.05, 4.69) is 20.9 Å². The van der Waals surface area contributed by atoms with E-state index in [9.17, 15) is 0 Å². The van der Waals surface area contributed by atoms with E-state index in [0.717, 1.165) is 10.0 Å². The molecule has 0 unspecified atom stereocenters. The molecule has 0 aliphatic carbocycles. The molecule has 0 atom stereocenters. The Labute approximate surface area is 112 Å². The van der Waals surface area contributed by atoms with Crippen LogP contribution in [0.3, 0.4) is 0 Å². The van der Waals surface area contributed by atoms with Gasteiger partial charge in [-0.2, -0.15) is 0 Å². The van der Waals surface area contributed by atoms with Gasteiger partial charge < -0.3 is 9.84 Å². The third-order valence-corrected chi connectivity index (χ3v) is 2.90. The summed E-state index contributed by atoms with van der Waals surface area (Å²) in [6.07, 6.45) is 1.58. The van der Waals surface area contributed by atoms with Gasteiger partial charge in [0.1, 0.15) is 5.75 Å². The Morgan fingerprint density at radius 3 is 2.88 bits per heavy atom. The van der Waals surface area contributed by atoms with Crippen LogP contribution in [0.1, 0.15) is 5.56 Å². The minimum atomic E-state index is -0.0505. The zero-order chi connectivity index (χ0) is 12.3. The van der Waals surface area contributed by atoms with Crippen molar-refractivity contribution in [3.05, 3.63) is 51.6 Å². The molecule has 0 saturated heterocycles. The number of rotatable bonds is 3. The van der Waals surface area contributed by atoms with Gasteiger partial charge >= 0.3 is 0 Å². The number of aliphatic hydroxyl groups is 1. The lowest BCUT2D eigenvalue weighted by Gasteiger charge is -2.07. The minimum Gasteiger partial charge on any atom is -0.437 e.